The van der Waals surface area contributed by atoms with Crippen LogP contribution >= 0.6 is 0 Å². The summed E-state index contributed by atoms with van der Waals surface area (Å²) in [7, 11) is 0. The minimum Gasteiger partial charge on any atom is -0.387 e. The maximum atomic E-state index is 13.2. The highest BCUT2D eigenvalue weighted by Gasteiger charge is 2.36. The number of nitrogens with zero attached hydrogens (tertiary/aromatic N) is 4. The number of benzene rings is 1. The van der Waals surface area contributed by atoms with E-state index in [-0.39, 0.29) is 37.7 Å². The number of para-hydroxylation sites is 1. The SMILES string of the molecule is NN(c1ccccc1)c1c2c(n(N)c1C1=CCNC=C1)CN(C(=O)CCN=O)CC2=O. The molecule has 0 saturated heterocycles. The van der Waals surface area contributed by atoms with Crippen molar-refractivity contribution in [3.05, 3.63) is 70.5 Å². The van der Waals surface area contributed by atoms with Crippen LogP contribution in [-0.2, 0) is 11.3 Å². The number of rotatable bonds is 6. The summed E-state index contributed by atoms with van der Waals surface area (Å²) in [6, 6.07) is 9.27. The molecule has 1 amide bonds. The van der Waals surface area contributed by atoms with Crippen LogP contribution in [0, 0.1) is 4.91 Å². The number of hydrazine groups is 1. The number of anilines is 2. The van der Waals surface area contributed by atoms with Crippen molar-refractivity contribution < 1.29 is 9.59 Å². The number of aromatic nitrogens is 1. The minimum absolute atomic E-state index is 0.0519. The second-order valence-electron chi connectivity index (χ2n) is 7.27. The molecule has 1 aromatic carbocycles. The van der Waals surface area contributed by atoms with E-state index >= 15 is 0 Å². The van der Waals surface area contributed by atoms with Crippen LogP contribution in [0.15, 0.2) is 53.9 Å². The Bertz CT molecular complexity index is 1090. The zero-order chi connectivity index (χ0) is 22.0. The molecule has 0 atom stereocenters. The third kappa shape index (κ3) is 3.68. The first-order valence-electron chi connectivity index (χ1n) is 9.86. The summed E-state index contributed by atoms with van der Waals surface area (Å²) in [6.45, 7) is 0.500. The Morgan fingerprint density at radius 1 is 1.23 bits per heavy atom. The van der Waals surface area contributed by atoms with Gasteiger partial charge in [0.25, 0.3) is 0 Å². The number of nitrogen functional groups attached to an aromatic ring is 1. The van der Waals surface area contributed by atoms with Gasteiger partial charge in [-0.15, -0.1) is 0 Å². The largest absolute Gasteiger partial charge is 0.387 e. The first-order valence-corrected chi connectivity index (χ1v) is 9.86. The first-order chi connectivity index (χ1) is 15.0. The van der Waals surface area contributed by atoms with Gasteiger partial charge in [0, 0.05) is 18.5 Å². The lowest BCUT2D eigenvalue weighted by Gasteiger charge is -2.28. The average Bonchev–Trinajstić information content (AvgIpc) is 3.11. The van der Waals surface area contributed by atoms with Gasteiger partial charge in [0.2, 0.25) is 5.91 Å². The van der Waals surface area contributed by atoms with Crippen molar-refractivity contribution in [1.29, 1.82) is 0 Å². The standard InChI is InChI=1S/C21H23N7O3/c22-27(15-4-2-1-3-5-15)21-19-16(28(23)20(21)14-6-9-24-10-7-14)12-26(13-17(19)29)18(30)8-11-25-31/h1-7,9,24H,8,10-13,22-23H2. The normalized spacial score (nSPS) is 15.2. The van der Waals surface area contributed by atoms with E-state index in [1.54, 1.807) is 6.20 Å². The molecule has 0 fully saturated rings. The van der Waals surface area contributed by atoms with Crippen molar-refractivity contribution in [1.82, 2.24) is 14.9 Å². The van der Waals surface area contributed by atoms with Crippen LogP contribution in [-0.4, -0.2) is 40.9 Å². The zero-order valence-corrected chi connectivity index (χ0v) is 16.8. The van der Waals surface area contributed by atoms with E-state index in [2.05, 4.69) is 10.5 Å². The lowest BCUT2D eigenvalue weighted by atomic mass is 10.0. The Balaban J connectivity index is 1.84. The van der Waals surface area contributed by atoms with Gasteiger partial charge in [-0.05, 0) is 24.4 Å². The van der Waals surface area contributed by atoms with Crippen molar-refractivity contribution in [2.24, 2.45) is 11.0 Å². The number of amides is 1. The molecule has 10 nitrogen and oxygen atoms in total. The zero-order valence-electron chi connectivity index (χ0n) is 16.8. The van der Waals surface area contributed by atoms with Gasteiger partial charge in [0.15, 0.2) is 5.78 Å². The van der Waals surface area contributed by atoms with Crippen LogP contribution in [0.5, 0.6) is 0 Å². The van der Waals surface area contributed by atoms with Crippen molar-refractivity contribution in [2.45, 2.75) is 13.0 Å². The minimum atomic E-state index is -0.323. The predicted octanol–water partition coefficient (Wildman–Crippen LogP) is 1.40. The summed E-state index contributed by atoms with van der Waals surface area (Å²) in [5.74, 6) is 12.4. The summed E-state index contributed by atoms with van der Waals surface area (Å²) < 4.78 is 1.43. The summed E-state index contributed by atoms with van der Waals surface area (Å²) in [4.78, 5) is 37.4. The van der Waals surface area contributed by atoms with Crippen LogP contribution < -0.4 is 22.0 Å². The second-order valence-corrected chi connectivity index (χ2v) is 7.27. The lowest BCUT2D eigenvalue weighted by molar-refractivity contribution is -0.131. The van der Waals surface area contributed by atoms with Crippen LogP contribution in [0.4, 0.5) is 11.4 Å². The fourth-order valence-electron chi connectivity index (χ4n) is 3.89. The second kappa shape index (κ2) is 8.44. The molecule has 0 saturated carbocycles. The number of ketones is 1. The van der Waals surface area contributed by atoms with Crippen LogP contribution in [0.25, 0.3) is 5.57 Å². The number of fused-ring (bicyclic) bond motifs is 1. The topological polar surface area (TPSA) is 139 Å². The molecule has 0 unspecified atom stereocenters. The van der Waals surface area contributed by atoms with E-state index in [1.807, 2.05) is 42.5 Å². The molecule has 160 valence electrons. The Morgan fingerprint density at radius 2 is 2.00 bits per heavy atom. The summed E-state index contributed by atoms with van der Waals surface area (Å²) in [5, 5.41) is 7.28. The number of carbonyl (C=O) groups is 2. The number of Topliss-reactive ketones (excluding diaryl/α,β-unsaturated/α-hetero) is 1. The number of allylic oxidation sites excluding steroid dienone is 2. The predicted molar refractivity (Wildman–Crippen MR) is 117 cm³/mol. The van der Waals surface area contributed by atoms with Crippen molar-refractivity contribution >= 4 is 28.6 Å². The van der Waals surface area contributed by atoms with Gasteiger partial charge >= 0.3 is 0 Å². The molecule has 31 heavy (non-hydrogen) atoms. The molecule has 2 aliphatic heterocycles. The molecular formula is C21H23N7O3. The van der Waals surface area contributed by atoms with Crippen LogP contribution in [0.3, 0.4) is 0 Å². The average molecular weight is 421 g/mol. The van der Waals surface area contributed by atoms with Crippen LogP contribution in [0.2, 0.25) is 0 Å². The molecule has 0 bridgehead atoms. The third-order valence-electron chi connectivity index (χ3n) is 5.37. The molecule has 0 aliphatic carbocycles. The van der Waals surface area contributed by atoms with Gasteiger partial charge < -0.3 is 16.1 Å². The first kappa shape index (κ1) is 20.4. The van der Waals surface area contributed by atoms with Crippen molar-refractivity contribution in [3.63, 3.8) is 0 Å². The number of hydrogen-bond donors (Lipinski definition) is 3. The smallest absolute Gasteiger partial charge is 0.225 e. The Hall–Kier alpha value is -3.92. The molecule has 1 aromatic heterocycles. The highest BCUT2D eigenvalue weighted by Crippen LogP contribution is 2.40. The van der Waals surface area contributed by atoms with Crippen LogP contribution in [0.1, 0.15) is 28.2 Å². The van der Waals surface area contributed by atoms with E-state index in [9.17, 15) is 14.5 Å². The molecule has 4 rings (SSSR count). The van der Waals surface area contributed by atoms with Gasteiger partial charge in [-0.2, -0.15) is 4.91 Å². The van der Waals surface area contributed by atoms with Crippen molar-refractivity contribution in [3.8, 4) is 0 Å². The Labute approximate surface area is 178 Å². The number of nitrogens with two attached hydrogens (primary N) is 2. The van der Waals surface area contributed by atoms with Gasteiger partial charge in [-0.1, -0.05) is 29.5 Å². The molecule has 0 radical (unpaired) electrons. The summed E-state index contributed by atoms with van der Waals surface area (Å²) in [6.07, 6.45) is 5.57. The molecule has 0 spiro atoms. The van der Waals surface area contributed by atoms with Gasteiger partial charge in [0.05, 0.1) is 48.0 Å². The maximum absolute atomic E-state index is 13.2. The quantitative estimate of drug-likeness (QED) is 0.364. The highest BCUT2D eigenvalue weighted by molar-refractivity contribution is 6.09. The van der Waals surface area contributed by atoms with Crippen molar-refractivity contribution in [2.75, 3.05) is 30.5 Å². The fraction of sp³-hybridized carbons (Fsp3) is 0.238. The number of nitroso groups, excluding NO2 is 1. The number of carbonyl (C=O) groups excluding carboxylic acids is 2. The molecule has 2 aromatic rings. The van der Waals surface area contributed by atoms with Gasteiger partial charge in [-0.3, -0.25) is 19.3 Å². The molecule has 2 aliphatic rings. The molecule has 3 heterocycles. The van der Waals surface area contributed by atoms with E-state index in [0.717, 1.165) is 5.57 Å². The fourth-order valence-corrected chi connectivity index (χ4v) is 3.89. The molecule has 5 N–H and O–H groups in total. The number of dihydropyridines is 1. The monoisotopic (exact) mass is 421 g/mol. The summed E-state index contributed by atoms with van der Waals surface area (Å²) >= 11 is 0. The maximum Gasteiger partial charge on any atom is 0.225 e. The number of nitrogens with one attached hydrogen (secondary N) is 1. The highest BCUT2D eigenvalue weighted by atomic mass is 16.3. The van der Waals surface area contributed by atoms with E-state index in [0.29, 0.717) is 34.9 Å². The number of hydrogen-bond acceptors (Lipinski definition) is 8. The van der Waals surface area contributed by atoms with E-state index in [4.69, 9.17) is 11.7 Å². The summed E-state index contributed by atoms with van der Waals surface area (Å²) in [5.41, 5.74) is 3.48. The van der Waals surface area contributed by atoms with E-state index < -0.39 is 0 Å². The van der Waals surface area contributed by atoms with Gasteiger partial charge in [0.1, 0.15) is 0 Å². The lowest BCUT2D eigenvalue weighted by Crippen LogP contribution is -2.41. The van der Waals surface area contributed by atoms with Gasteiger partial charge in [-0.25, -0.2) is 5.84 Å². The molecular weight excluding hydrogens is 398 g/mol. The molecule has 10 heteroatoms. The van der Waals surface area contributed by atoms with E-state index in [1.165, 1.54) is 14.6 Å². The Kier molecular flexibility index (Phi) is 5.54. The Morgan fingerprint density at radius 3 is 2.68 bits per heavy atom. The third-order valence-corrected chi connectivity index (χ3v) is 5.37.